The first-order valence-corrected chi connectivity index (χ1v) is 15.6. The largest absolute Gasteiger partial charge is 0.135 e. The number of thiophene rings is 1. The fourth-order valence-electron chi connectivity index (χ4n) is 6.74. The molecular formula is C42H26S. The van der Waals surface area contributed by atoms with Crippen LogP contribution in [0.2, 0.25) is 0 Å². The zero-order valence-corrected chi connectivity index (χ0v) is 24.2. The number of benzene rings is 8. The molecule has 0 amide bonds. The highest BCUT2D eigenvalue weighted by Gasteiger charge is 2.14. The second-order valence-corrected chi connectivity index (χ2v) is 12.4. The smallest absolute Gasteiger partial charge is 0.0355 e. The molecule has 0 radical (unpaired) electrons. The number of hydrogen-bond donors (Lipinski definition) is 0. The van der Waals surface area contributed by atoms with Crippen LogP contribution in [0.5, 0.6) is 0 Å². The third kappa shape index (κ3) is 3.97. The summed E-state index contributed by atoms with van der Waals surface area (Å²) in [6.45, 7) is 0. The molecule has 0 aliphatic heterocycles. The third-order valence-electron chi connectivity index (χ3n) is 8.83. The highest BCUT2D eigenvalue weighted by atomic mass is 32.1. The van der Waals surface area contributed by atoms with Crippen molar-refractivity contribution < 1.29 is 0 Å². The van der Waals surface area contributed by atoms with Crippen LogP contribution in [0.15, 0.2) is 158 Å². The number of fused-ring (bicyclic) bond motifs is 7. The molecule has 1 heterocycles. The van der Waals surface area contributed by atoms with Crippen LogP contribution in [-0.4, -0.2) is 0 Å². The molecule has 0 N–H and O–H groups in total. The number of hydrogen-bond acceptors (Lipinski definition) is 1. The van der Waals surface area contributed by atoms with Crippen LogP contribution in [0.3, 0.4) is 0 Å². The molecule has 43 heavy (non-hydrogen) atoms. The van der Waals surface area contributed by atoms with E-state index in [9.17, 15) is 0 Å². The maximum atomic E-state index is 2.41. The summed E-state index contributed by atoms with van der Waals surface area (Å²) >= 11 is 1.88. The molecule has 0 saturated heterocycles. The summed E-state index contributed by atoms with van der Waals surface area (Å²) in [5.74, 6) is 0. The minimum absolute atomic E-state index is 1.24. The van der Waals surface area contributed by atoms with Crippen LogP contribution in [0.25, 0.3) is 85.9 Å². The zero-order valence-electron chi connectivity index (χ0n) is 23.4. The maximum absolute atomic E-state index is 2.41. The van der Waals surface area contributed by atoms with Gasteiger partial charge >= 0.3 is 0 Å². The SMILES string of the molecule is c1ccc(-c2cc3ccccc3cc2-c2ccc3sc4ccc(-c5cc6ccccc6c6ccccc56)cc4c3c2)cc1. The molecule has 0 spiro atoms. The second kappa shape index (κ2) is 9.66. The molecule has 0 unspecified atom stereocenters. The summed E-state index contributed by atoms with van der Waals surface area (Å²) in [4.78, 5) is 0. The van der Waals surface area contributed by atoms with Crippen molar-refractivity contribution in [3.05, 3.63) is 158 Å². The van der Waals surface area contributed by atoms with E-state index in [1.165, 1.54) is 85.9 Å². The normalized spacial score (nSPS) is 11.7. The minimum Gasteiger partial charge on any atom is -0.135 e. The Balaban J connectivity index is 1.27. The summed E-state index contributed by atoms with van der Waals surface area (Å²) in [5, 5.41) is 10.3. The Morgan fingerprint density at radius 1 is 0.279 bits per heavy atom. The average Bonchev–Trinajstić information content (AvgIpc) is 3.45. The topological polar surface area (TPSA) is 0 Å². The molecule has 0 nitrogen and oxygen atoms in total. The van der Waals surface area contributed by atoms with E-state index in [-0.39, 0.29) is 0 Å². The van der Waals surface area contributed by atoms with Gasteiger partial charge in [0, 0.05) is 20.2 Å². The molecular weight excluding hydrogens is 537 g/mol. The standard InChI is InChI=1S/C42H26S/c1-2-10-27(11-3-1)36-22-28-12-4-5-13-29(28)23-38(36)32-19-21-42-40(26-32)39-25-31(18-20-41(39)43-42)37-24-30-14-6-7-15-33(30)34-16-8-9-17-35(34)37/h1-26H. The lowest BCUT2D eigenvalue weighted by Gasteiger charge is -2.13. The summed E-state index contributed by atoms with van der Waals surface area (Å²) in [6.07, 6.45) is 0. The Kier molecular flexibility index (Phi) is 5.47. The van der Waals surface area contributed by atoms with E-state index in [1.54, 1.807) is 0 Å². The van der Waals surface area contributed by atoms with Crippen LogP contribution in [0, 0.1) is 0 Å². The van der Waals surface area contributed by atoms with Crippen LogP contribution in [0.4, 0.5) is 0 Å². The highest BCUT2D eigenvalue weighted by molar-refractivity contribution is 7.25. The van der Waals surface area contributed by atoms with Gasteiger partial charge < -0.3 is 0 Å². The van der Waals surface area contributed by atoms with Crippen molar-refractivity contribution in [1.29, 1.82) is 0 Å². The molecule has 200 valence electrons. The van der Waals surface area contributed by atoms with Gasteiger partial charge in [-0.25, -0.2) is 0 Å². The minimum atomic E-state index is 1.24. The predicted molar refractivity (Wildman–Crippen MR) is 188 cm³/mol. The van der Waals surface area contributed by atoms with Crippen molar-refractivity contribution in [2.24, 2.45) is 0 Å². The van der Waals surface area contributed by atoms with Crippen molar-refractivity contribution in [3.8, 4) is 33.4 Å². The lowest BCUT2D eigenvalue weighted by molar-refractivity contribution is 1.62. The van der Waals surface area contributed by atoms with Crippen LogP contribution < -0.4 is 0 Å². The molecule has 1 heteroatoms. The van der Waals surface area contributed by atoms with Crippen LogP contribution in [0.1, 0.15) is 0 Å². The summed E-state index contributed by atoms with van der Waals surface area (Å²) in [6, 6.07) is 58.1. The van der Waals surface area contributed by atoms with Gasteiger partial charge in [0.25, 0.3) is 0 Å². The van der Waals surface area contributed by atoms with Crippen molar-refractivity contribution in [2.45, 2.75) is 0 Å². The van der Waals surface area contributed by atoms with Gasteiger partial charge in [-0.05, 0) is 108 Å². The third-order valence-corrected chi connectivity index (χ3v) is 9.98. The van der Waals surface area contributed by atoms with Gasteiger partial charge in [-0.15, -0.1) is 11.3 Å². The first kappa shape index (κ1) is 24.4. The Morgan fingerprint density at radius 3 is 1.44 bits per heavy atom. The Morgan fingerprint density at radius 2 is 0.767 bits per heavy atom. The van der Waals surface area contributed by atoms with Crippen molar-refractivity contribution in [2.75, 3.05) is 0 Å². The number of rotatable bonds is 3. The van der Waals surface area contributed by atoms with Gasteiger partial charge in [-0.2, -0.15) is 0 Å². The molecule has 9 rings (SSSR count). The van der Waals surface area contributed by atoms with E-state index < -0.39 is 0 Å². The fraction of sp³-hybridized carbons (Fsp3) is 0. The molecule has 0 bridgehead atoms. The van der Waals surface area contributed by atoms with E-state index in [0.717, 1.165) is 0 Å². The predicted octanol–water partition coefficient (Wildman–Crippen LogP) is 12.5. The first-order valence-electron chi connectivity index (χ1n) is 14.8. The Bertz CT molecular complexity index is 2500. The van der Waals surface area contributed by atoms with Crippen LogP contribution in [-0.2, 0) is 0 Å². The summed E-state index contributed by atoms with van der Waals surface area (Å²) in [5.41, 5.74) is 7.56. The molecule has 0 saturated carbocycles. The molecule has 0 aliphatic rings. The van der Waals surface area contributed by atoms with Crippen molar-refractivity contribution in [1.82, 2.24) is 0 Å². The maximum Gasteiger partial charge on any atom is 0.0355 e. The quantitative estimate of drug-likeness (QED) is 0.188. The van der Waals surface area contributed by atoms with Crippen molar-refractivity contribution >= 4 is 63.8 Å². The van der Waals surface area contributed by atoms with E-state index in [0.29, 0.717) is 0 Å². The lowest BCUT2D eigenvalue weighted by atomic mass is 9.90. The van der Waals surface area contributed by atoms with Gasteiger partial charge in [0.2, 0.25) is 0 Å². The van der Waals surface area contributed by atoms with Crippen molar-refractivity contribution in [3.63, 3.8) is 0 Å². The molecule has 8 aromatic carbocycles. The van der Waals surface area contributed by atoms with Gasteiger partial charge in [0.1, 0.15) is 0 Å². The van der Waals surface area contributed by atoms with Crippen LogP contribution >= 0.6 is 11.3 Å². The van der Waals surface area contributed by atoms with E-state index in [2.05, 4.69) is 158 Å². The summed E-state index contributed by atoms with van der Waals surface area (Å²) < 4.78 is 2.64. The molecule has 1 aromatic heterocycles. The van der Waals surface area contributed by atoms with Gasteiger partial charge in [-0.3, -0.25) is 0 Å². The molecule has 0 atom stereocenters. The lowest BCUT2D eigenvalue weighted by Crippen LogP contribution is -1.87. The fourth-order valence-corrected chi connectivity index (χ4v) is 7.81. The molecule has 0 fully saturated rings. The zero-order chi connectivity index (χ0) is 28.3. The summed E-state index contributed by atoms with van der Waals surface area (Å²) in [7, 11) is 0. The van der Waals surface area contributed by atoms with E-state index >= 15 is 0 Å². The van der Waals surface area contributed by atoms with Gasteiger partial charge in [0.15, 0.2) is 0 Å². The average molecular weight is 563 g/mol. The monoisotopic (exact) mass is 562 g/mol. The Labute approximate surface area is 254 Å². The van der Waals surface area contributed by atoms with Gasteiger partial charge in [0.05, 0.1) is 0 Å². The van der Waals surface area contributed by atoms with Gasteiger partial charge in [-0.1, -0.05) is 115 Å². The Hall–Kier alpha value is -5.24. The highest BCUT2D eigenvalue weighted by Crippen LogP contribution is 2.43. The first-order chi connectivity index (χ1) is 21.3. The second-order valence-electron chi connectivity index (χ2n) is 11.3. The van der Waals surface area contributed by atoms with E-state index in [4.69, 9.17) is 0 Å². The van der Waals surface area contributed by atoms with E-state index in [1.807, 2.05) is 11.3 Å². The molecule has 0 aliphatic carbocycles. The molecule has 9 aromatic rings.